The molecule has 0 aliphatic rings. The molecule has 2 aromatic heterocycles. The number of carbonyl (C=O) groups excluding carboxylic acids is 1. The summed E-state index contributed by atoms with van der Waals surface area (Å²) < 4.78 is 34.4. The maximum atomic E-state index is 13.7. The maximum absolute atomic E-state index is 13.7. The monoisotopic (exact) mass is 350 g/mol. The number of fused-ring (bicyclic) bond motifs is 1. The van der Waals surface area contributed by atoms with Gasteiger partial charge < -0.3 is 4.74 Å². The van der Waals surface area contributed by atoms with E-state index in [-0.39, 0.29) is 23.6 Å². The number of rotatable bonds is 4. The Morgan fingerprint density at radius 3 is 2.54 bits per heavy atom. The van der Waals surface area contributed by atoms with Crippen molar-refractivity contribution in [3.8, 4) is 5.88 Å². The summed E-state index contributed by atoms with van der Waals surface area (Å²) in [6.45, 7) is 3.15. The van der Waals surface area contributed by atoms with E-state index < -0.39 is 16.9 Å². The zero-order valence-electron chi connectivity index (χ0n) is 12.9. The standard InChI is InChI=1S/C17H13ClF2N2O2/c1-9-6-14-16(17(18)23)10(2)21-22(14)15(7-9)24-8-11-12(19)4-3-5-13(11)20/h3-7H,8H2,1-2H3. The SMILES string of the molecule is Cc1cc(OCc2c(F)cccc2F)n2nc(C)c(C(=O)Cl)c2c1. The lowest BCUT2D eigenvalue weighted by molar-refractivity contribution is 0.108. The molecule has 0 radical (unpaired) electrons. The minimum atomic E-state index is -0.688. The van der Waals surface area contributed by atoms with Gasteiger partial charge in [0.05, 0.1) is 22.3 Å². The first-order chi connectivity index (χ1) is 11.4. The number of aryl methyl sites for hydroxylation is 2. The van der Waals surface area contributed by atoms with Crippen molar-refractivity contribution in [2.45, 2.75) is 20.5 Å². The summed E-state index contributed by atoms with van der Waals surface area (Å²) in [7, 11) is 0. The van der Waals surface area contributed by atoms with Crippen LogP contribution in [0.5, 0.6) is 5.88 Å². The molecule has 24 heavy (non-hydrogen) atoms. The van der Waals surface area contributed by atoms with Crippen LogP contribution in [0.3, 0.4) is 0 Å². The van der Waals surface area contributed by atoms with Gasteiger partial charge in [0.2, 0.25) is 5.88 Å². The van der Waals surface area contributed by atoms with Gasteiger partial charge in [0.15, 0.2) is 0 Å². The van der Waals surface area contributed by atoms with Crippen molar-refractivity contribution < 1.29 is 18.3 Å². The number of hydrogen-bond acceptors (Lipinski definition) is 3. The van der Waals surface area contributed by atoms with Crippen LogP contribution in [0.25, 0.3) is 5.52 Å². The molecule has 0 aliphatic heterocycles. The Morgan fingerprint density at radius 2 is 1.92 bits per heavy atom. The molecule has 0 bridgehead atoms. The molecule has 3 aromatic rings. The quantitative estimate of drug-likeness (QED) is 0.663. The molecule has 3 rings (SSSR count). The zero-order chi connectivity index (χ0) is 17.4. The average molecular weight is 351 g/mol. The van der Waals surface area contributed by atoms with Gasteiger partial charge >= 0.3 is 0 Å². The first-order valence-corrected chi connectivity index (χ1v) is 7.51. The van der Waals surface area contributed by atoms with Crippen molar-refractivity contribution in [3.05, 3.63) is 64.4 Å². The van der Waals surface area contributed by atoms with Gasteiger partial charge in [0.25, 0.3) is 5.24 Å². The highest BCUT2D eigenvalue weighted by atomic mass is 35.5. The number of carbonyl (C=O) groups is 1. The van der Waals surface area contributed by atoms with Gasteiger partial charge in [-0.3, -0.25) is 4.79 Å². The number of hydrogen-bond donors (Lipinski definition) is 0. The highest BCUT2D eigenvalue weighted by molar-refractivity contribution is 6.68. The minimum Gasteiger partial charge on any atom is -0.473 e. The van der Waals surface area contributed by atoms with Gasteiger partial charge in [-0.15, -0.1) is 0 Å². The van der Waals surface area contributed by atoms with Crippen molar-refractivity contribution in [1.29, 1.82) is 0 Å². The predicted octanol–water partition coefficient (Wildman–Crippen LogP) is 4.19. The molecule has 0 saturated heterocycles. The maximum Gasteiger partial charge on any atom is 0.256 e. The summed E-state index contributed by atoms with van der Waals surface area (Å²) in [6, 6.07) is 7.02. The lowest BCUT2D eigenvalue weighted by atomic mass is 10.2. The van der Waals surface area contributed by atoms with Crippen LogP contribution in [-0.2, 0) is 6.61 Å². The Bertz CT molecular complexity index is 933. The lowest BCUT2D eigenvalue weighted by Crippen LogP contribution is -2.05. The van der Waals surface area contributed by atoms with E-state index in [1.54, 1.807) is 26.0 Å². The van der Waals surface area contributed by atoms with Gasteiger partial charge in [-0.1, -0.05) is 6.07 Å². The number of pyridine rings is 1. The highest BCUT2D eigenvalue weighted by Crippen LogP contribution is 2.25. The molecule has 0 N–H and O–H groups in total. The van der Waals surface area contributed by atoms with E-state index in [1.165, 1.54) is 10.6 Å². The van der Waals surface area contributed by atoms with Gasteiger partial charge in [0, 0.05) is 6.07 Å². The lowest BCUT2D eigenvalue weighted by Gasteiger charge is -2.10. The Balaban J connectivity index is 2.04. The molecule has 2 heterocycles. The summed E-state index contributed by atoms with van der Waals surface area (Å²) >= 11 is 5.62. The van der Waals surface area contributed by atoms with E-state index in [4.69, 9.17) is 16.3 Å². The van der Waals surface area contributed by atoms with Crippen LogP contribution in [0.2, 0.25) is 0 Å². The van der Waals surface area contributed by atoms with Gasteiger partial charge in [-0.25, -0.2) is 8.78 Å². The van der Waals surface area contributed by atoms with E-state index in [0.29, 0.717) is 11.2 Å². The smallest absolute Gasteiger partial charge is 0.256 e. The van der Waals surface area contributed by atoms with Crippen LogP contribution in [0.15, 0.2) is 30.3 Å². The number of benzene rings is 1. The second kappa shape index (κ2) is 6.20. The second-order valence-corrected chi connectivity index (χ2v) is 5.73. The van der Waals surface area contributed by atoms with E-state index in [0.717, 1.165) is 17.7 Å². The fourth-order valence-corrected chi connectivity index (χ4v) is 2.76. The zero-order valence-corrected chi connectivity index (χ0v) is 13.7. The molecule has 0 atom stereocenters. The third-order valence-corrected chi connectivity index (χ3v) is 3.83. The van der Waals surface area contributed by atoms with E-state index in [9.17, 15) is 13.6 Å². The summed E-state index contributed by atoms with van der Waals surface area (Å²) in [5.74, 6) is -1.11. The van der Waals surface area contributed by atoms with Crippen LogP contribution < -0.4 is 4.74 Å². The van der Waals surface area contributed by atoms with Crippen LogP contribution in [0.4, 0.5) is 8.78 Å². The molecule has 4 nitrogen and oxygen atoms in total. The highest BCUT2D eigenvalue weighted by Gasteiger charge is 2.18. The molecule has 0 unspecified atom stereocenters. The van der Waals surface area contributed by atoms with Crippen LogP contribution in [0, 0.1) is 25.5 Å². The third-order valence-electron chi connectivity index (χ3n) is 3.64. The number of ether oxygens (including phenoxy) is 1. The number of nitrogens with zero attached hydrogens (tertiary/aromatic N) is 2. The summed E-state index contributed by atoms with van der Waals surface area (Å²) in [5, 5.41) is 3.61. The molecule has 0 saturated carbocycles. The fourth-order valence-electron chi connectivity index (χ4n) is 2.52. The summed E-state index contributed by atoms with van der Waals surface area (Å²) in [6.07, 6.45) is 0. The third kappa shape index (κ3) is 2.85. The van der Waals surface area contributed by atoms with Crippen LogP contribution in [-0.4, -0.2) is 14.9 Å². The molecule has 0 fully saturated rings. The molecule has 0 aliphatic carbocycles. The molecular formula is C17H13ClF2N2O2. The number of aromatic nitrogens is 2. The van der Waals surface area contributed by atoms with Crippen molar-refractivity contribution in [2.24, 2.45) is 0 Å². The van der Waals surface area contributed by atoms with Gasteiger partial charge in [0.1, 0.15) is 18.2 Å². The average Bonchev–Trinajstić information content (AvgIpc) is 2.82. The molecule has 7 heteroatoms. The summed E-state index contributed by atoms with van der Waals surface area (Å²) in [5.41, 5.74) is 1.83. The fraction of sp³-hybridized carbons (Fsp3) is 0.176. The van der Waals surface area contributed by atoms with Crippen molar-refractivity contribution in [3.63, 3.8) is 0 Å². The molecular weight excluding hydrogens is 338 g/mol. The topological polar surface area (TPSA) is 43.6 Å². The van der Waals surface area contributed by atoms with Crippen LogP contribution >= 0.6 is 11.6 Å². The molecule has 0 spiro atoms. The molecule has 1 aromatic carbocycles. The predicted molar refractivity (Wildman–Crippen MR) is 85.5 cm³/mol. The first kappa shape index (κ1) is 16.4. The Labute approximate surface area is 141 Å². The largest absolute Gasteiger partial charge is 0.473 e. The Hall–Kier alpha value is -2.47. The van der Waals surface area contributed by atoms with Crippen molar-refractivity contribution in [2.75, 3.05) is 0 Å². The van der Waals surface area contributed by atoms with Crippen molar-refractivity contribution in [1.82, 2.24) is 9.61 Å². The second-order valence-electron chi connectivity index (χ2n) is 5.39. The molecule has 0 amide bonds. The van der Waals surface area contributed by atoms with Crippen molar-refractivity contribution >= 4 is 22.4 Å². The minimum absolute atomic E-state index is 0.176. The van der Waals surface area contributed by atoms with Crippen LogP contribution in [0.1, 0.15) is 27.2 Å². The van der Waals surface area contributed by atoms with Gasteiger partial charge in [-0.2, -0.15) is 9.61 Å². The normalized spacial score (nSPS) is 11.0. The van der Waals surface area contributed by atoms with E-state index in [2.05, 4.69) is 5.10 Å². The van der Waals surface area contributed by atoms with E-state index in [1.807, 2.05) is 0 Å². The van der Waals surface area contributed by atoms with Gasteiger partial charge in [-0.05, 0) is 49.2 Å². The van der Waals surface area contributed by atoms with E-state index >= 15 is 0 Å². The Morgan fingerprint density at radius 1 is 1.25 bits per heavy atom. The molecule has 124 valence electrons. The Kier molecular flexibility index (Phi) is 4.24. The summed E-state index contributed by atoms with van der Waals surface area (Å²) in [4.78, 5) is 11.6. The number of halogens is 3. The first-order valence-electron chi connectivity index (χ1n) is 7.14.